The van der Waals surface area contributed by atoms with E-state index in [1.807, 2.05) is 27.7 Å². The van der Waals surface area contributed by atoms with E-state index in [-0.39, 0.29) is 51.9 Å². The molecule has 204 valence electrons. The Balaban J connectivity index is -0.0000000918. The Hall–Kier alpha value is -3.08. The van der Waals surface area contributed by atoms with E-state index in [0.29, 0.717) is 26.1 Å². The van der Waals surface area contributed by atoms with E-state index in [9.17, 15) is 9.59 Å². The van der Waals surface area contributed by atoms with Gasteiger partial charge in [0.25, 0.3) is 0 Å². The highest BCUT2D eigenvalue weighted by atomic mass is 16.5. The molecule has 0 radical (unpaired) electrons. The molecular weight excluding hydrogens is 452 g/mol. The molecule has 1 aliphatic rings. The van der Waals surface area contributed by atoms with Crippen LogP contribution in [0.5, 0.6) is 0 Å². The molecule has 0 atom stereocenters. The van der Waals surface area contributed by atoms with E-state index in [0.717, 1.165) is 25.7 Å². The summed E-state index contributed by atoms with van der Waals surface area (Å²) in [5.74, 6) is -0.167. The zero-order valence-corrected chi connectivity index (χ0v) is 19.6. The van der Waals surface area contributed by atoms with Crippen LogP contribution in [0.4, 0.5) is 0 Å². The van der Waals surface area contributed by atoms with Gasteiger partial charge in [-0.2, -0.15) is 19.2 Å². The number of ether oxygens (including phenoxy) is 2. The summed E-state index contributed by atoms with van der Waals surface area (Å²) in [6, 6.07) is 0. The second kappa shape index (κ2) is 29.0. The van der Waals surface area contributed by atoms with E-state index in [2.05, 4.69) is 25.3 Å². The fourth-order valence-corrected chi connectivity index (χ4v) is 3.10. The molecular formula is C27H48O8. The quantitative estimate of drug-likeness (QED) is 0.259. The first-order chi connectivity index (χ1) is 15.2. The van der Waals surface area contributed by atoms with Crippen molar-refractivity contribution in [1.29, 1.82) is 0 Å². The highest BCUT2D eigenvalue weighted by Gasteiger charge is 2.38. The number of carbonyl (C=O) groups is 2. The van der Waals surface area contributed by atoms with Crippen molar-refractivity contribution in [2.24, 2.45) is 10.8 Å². The van der Waals surface area contributed by atoms with Crippen LogP contribution >= 0.6 is 0 Å². The molecule has 0 bridgehead atoms. The molecule has 0 amide bonds. The molecule has 0 unspecified atom stereocenters. The molecule has 0 heterocycles. The van der Waals surface area contributed by atoms with Crippen LogP contribution in [0.2, 0.25) is 0 Å². The summed E-state index contributed by atoms with van der Waals surface area (Å²) in [7, 11) is 0. The molecule has 0 N–H and O–H groups in total. The fourth-order valence-electron chi connectivity index (χ4n) is 3.10. The normalized spacial score (nSPS) is 11.4. The average Bonchev–Trinajstić information content (AvgIpc) is 3.26. The SMILES string of the molecule is C.C.C.C=CCC(CC)(CC=C)C(=O)OCC.CCOC(=O)C1(CC)CC=CC1.O=C=O.O=C=O. The van der Waals surface area contributed by atoms with Gasteiger partial charge in [-0.15, -0.1) is 13.2 Å². The molecule has 0 aromatic carbocycles. The smallest absolute Gasteiger partial charge is 0.373 e. The van der Waals surface area contributed by atoms with E-state index in [1.165, 1.54) is 0 Å². The van der Waals surface area contributed by atoms with Crippen molar-refractivity contribution in [3.63, 3.8) is 0 Å². The van der Waals surface area contributed by atoms with Gasteiger partial charge in [0.15, 0.2) is 0 Å². The molecule has 1 aliphatic carbocycles. The van der Waals surface area contributed by atoms with E-state index in [4.69, 9.17) is 28.7 Å². The zero-order valence-electron chi connectivity index (χ0n) is 19.6. The molecule has 0 fully saturated rings. The van der Waals surface area contributed by atoms with Crippen LogP contribution in [0.25, 0.3) is 0 Å². The van der Waals surface area contributed by atoms with Crippen molar-refractivity contribution < 1.29 is 38.2 Å². The predicted octanol–water partition coefficient (Wildman–Crippen LogP) is 6.14. The van der Waals surface area contributed by atoms with Gasteiger partial charge in [0.1, 0.15) is 0 Å². The van der Waals surface area contributed by atoms with Crippen LogP contribution in [0.3, 0.4) is 0 Å². The number of esters is 2. The van der Waals surface area contributed by atoms with Crippen molar-refractivity contribution in [2.45, 2.75) is 88.5 Å². The molecule has 0 spiro atoms. The molecule has 0 aromatic rings. The number of rotatable bonds is 10. The summed E-state index contributed by atoms with van der Waals surface area (Å²) < 4.78 is 10.1. The van der Waals surface area contributed by atoms with Gasteiger partial charge in [0, 0.05) is 0 Å². The molecule has 8 nitrogen and oxygen atoms in total. The van der Waals surface area contributed by atoms with E-state index < -0.39 is 5.41 Å². The minimum Gasteiger partial charge on any atom is -0.466 e. The Bertz CT molecular complexity index is 622. The lowest BCUT2D eigenvalue weighted by Gasteiger charge is -2.27. The van der Waals surface area contributed by atoms with Crippen molar-refractivity contribution >= 4 is 24.2 Å². The highest BCUT2D eigenvalue weighted by molar-refractivity contribution is 5.78. The maximum Gasteiger partial charge on any atom is 0.373 e. The summed E-state index contributed by atoms with van der Waals surface area (Å²) in [5, 5.41) is 0. The van der Waals surface area contributed by atoms with Gasteiger partial charge in [-0.1, -0.05) is 60.4 Å². The summed E-state index contributed by atoms with van der Waals surface area (Å²) >= 11 is 0. The Morgan fingerprint density at radius 2 is 1.23 bits per heavy atom. The van der Waals surface area contributed by atoms with Crippen molar-refractivity contribution in [3.05, 3.63) is 37.5 Å². The monoisotopic (exact) mass is 500 g/mol. The van der Waals surface area contributed by atoms with Gasteiger partial charge < -0.3 is 9.47 Å². The van der Waals surface area contributed by atoms with Crippen LogP contribution in [0.15, 0.2) is 37.5 Å². The summed E-state index contributed by atoms with van der Waals surface area (Å²) in [6.45, 7) is 16.0. The van der Waals surface area contributed by atoms with Gasteiger partial charge in [-0.25, -0.2) is 0 Å². The van der Waals surface area contributed by atoms with Gasteiger partial charge in [-0.05, 0) is 52.4 Å². The number of hydrogen-bond acceptors (Lipinski definition) is 8. The van der Waals surface area contributed by atoms with Crippen LogP contribution < -0.4 is 0 Å². The van der Waals surface area contributed by atoms with Crippen LogP contribution in [0, 0.1) is 10.8 Å². The third-order valence-electron chi connectivity index (χ3n) is 5.02. The second-order valence-corrected chi connectivity index (χ2v) is 6.74. The minimum atomic E-state index is -0.445. The van der Waals surface area contributed by atoms with E-state index in [1.54, 1.807) is 12.2 Å². The lowest BCUT2D eigenvalue weighted by molar-refractivity contribution is -0.193. The summed E-state index contributed by atoms with van der Waals surface area (Å²) in [6.07, 6.45) is 12.8. The molecule has 0 saturated heterocycles. The Morgan fingerprint density at radius 3 is 1.49 bits per heavy atom. The zero-order chi connectivity index (χ0) is 25.5. The standard InChI is InChI=1S/C12H20O2.C10H16O2.2CO2.3CH4/c1-5-9-12(7-3,10-6-2)11(13)14-8-4;1-3-10(7-5-6-8-10)9(11)12-4-2;2*2-1-3;;;/h5-6H,1-2,7-10H2,3-4H3;5-6H,3-4,7-8H2,1-2H3;;;3*1H4. The second-order valence-electron chi connectivity index (χ2n) is 6.74. The Labute approximate surface area is 212 Å². The van der Waals surface area contributed by atoms with Crippen molar-refractivity contribution in [1.82, 2.24) is 0 Å². The third-order valence-corrected chi connectivity index (χ3v) is 5.02. The number of hydrogen-bond donors (Lipinski definition) is 0. The van der Waals surface area contributed by atoms with Crippen LogP contribution in [-0.2, 0) is 38.2 Å². The summed E-state index contributed by atoms with van der Waals surface area (Å²) in [4.78, 5) is 55.8. The summed E-state index contributed by atoms with van der Waals surface area (Å²) in [5.41, 5.74) is -0.671. The lowest BCUT2D eigenvalue weighted by atomic mass is 9.79. The van der Waals surface area contributed by atoms with Crippen molar-refractivity contribution in [3.8, 4) is 0 Å². The highest BCUT2D eigenvalue weighted by Crippen LogP contribution is 2.37. The molecule has 8 heteroatoms. The average molecular weight is 501 g/mol. The van der Waals surface area contributed by atoms with Crippen LogP contribution in [-0.4, -0.2) is 37.5 Å². The molecule has 1 rings (SSSR count). The first-order valence-electron chi connectivity index (χ1n) is 10.4. The topological polar surface area (TPSA) is 121 Å². The van der Waals surface area contributed by atoms with E-state index >= 15 is 0 Å². The molecule has 0 aromatic heterocycles. The fraction of sp³-hybridized carbons (Fsp3) is 0.630. The lowest BCUT2D eigenvalue weighted by Crippen LogP contribution is -2.31. The van der Waals surface area contributed by atoms with Crippen LogP contribution in [0.1, 0.15) is 88.5 Å². The van der Waals surface area contributed by atoms with Gasteiger partial charge >= 0.3 is 24.2 Å². The molecule has 35 heavy (non-hydrogen) atoms. The van der Waals surface area contributed by atoms with Gasteiger partial charge in [0.05, 0.1) is 24.0 Å². The predicted molar refractivity (Wildman–Crippen MR) is 137 cm³/mol. The third kappa shape index (κ3) is 18.0. The first kappa shape index (κ1) is 45.4. The van der Waals surface area contributed by atoms with Crippen molar-refractivity contribution in [2.75, 3.05) is 13.2 Å². The largest absolute Gasteiger partial charge is 0.466 e. The number of allylic oxidation sites excluding steroid dienone is 4. The first-order valence-corrected chi connectivity index (χ1v) is 10.4. The van der Waals surface area contributed by atoms with Gasteiger partial charge in [0.2, 0.25) is 0 Å². The van der Waals surface area contributed by atoms with Gasteiger partial charge in [-0.3, -0.25) is 9.59 Å². The number of carbonyl (C=O) groups excluding carboxylic acids is 6. The molecule has 0 saturated carbocycles. The maximum absolute atomic E-state index is 11.8. The minimum absolute atomic E-state index is 0. The Kier molecular flexibility index (Phi) is 37.6. The Morgan fingerprint density at radius 1 is 0.857 bits per heavy atom. The molecule has 0 aliphatic heterocycles. The maximum atomic E-state index is 11.8.